The van der Waals surface area contributed by atoms with Gasteiger partial charge in [0, 0.05) is 0 Å². The average molecular weight is 230 g/mol. The smallest absolute Gasteiger partial charge is 0.336 e. The number of fused-ring (bicyclic) bond motifs is 1. The number of rotatable bonds is 2. The minimum absolute atomic E-state index is 0.0633. The van der Waals surface area contributed by atoms with Crippen LogP contribution >= 0.6 is 0 Å². The number of carboxylic acid groups (broad SMARTS) is 1. The molecule has 0 spiro atoms. The lowest BCUT2D eigenvalue weighted by Gasteiger charge is -2.08. The SMILES string of the molecule is NNC(=O)c1c(C(=O)O)ccc2ccccc12. The number of hydrazine groups is 1. The Morgan fingerprint density at radius 1 is 1.12 bits per heavy atom. The standard InChI is InChI=1S/C12H10N2O3/c13-14-11(15)10-8-4-2-1-3-7(8)5-6-9(10)12(16)17/h1-6H,13H2,(H,14,15)(H,16,17). The number of carbonyl (C=O) groups is 2. The largest absolute Gasteiger partial charge is 0.478 e. The van der Waals surface area contributed by atoms with Crippen LogP contribution < -0.4 is 11.3 Å². The molecule has 0 atom stereocenters. The van der Waals surface area contributed by atoms with Gasteiger partial charge in [-0.15, -0.1) is 0 Å². The Bertz CT molecular complexity index is 608. The second-order valence-corrected chi connectivity index (χ2v) is 3.49. The van der Waals surface area contributed by atoms with Crippen molar-refractivity contribution in [3.63, 3.8) is 0 Å². The van der Waals surface area contributed by atoms with Gasteiger partial charge < -0.3 is 5.11 Å². The normalized spacial score (nSPS) is 10.2. The lowest BCUT2D eigenvalue weighted by molar-refractivity contribution is 0.0691. The van der Waals surface area contributed by atoms with Crippen molar-refractivity contribution < 1.29 is 14.7 Å². The number of benzene rings is 2. The molecule has 0 heterocycles. The number of hydrogen-bond acceptors (Lipinski definition) is 3. The molecule has 2 aromatic rings. The quantitative estimate of drug-likeness (QED) is 0.410. The van der Waals surface area contributed by atoms with Crippen molar-refractivity contribution in [3.8, 4) is 0 Å². The van der Waals surface area contributed by atoms with Gasteiger partial charge in [0.05, 0.1) is 11.1 Å². The first kappa shape index (κ1) is 11.1. The van der Waals surface area contributed by atoms with Crippen molar-refractivity contribution in [1.29, 1.82) is 0 Å². The summed E-state index contributed by atoms with van der Waals surface area (Å²) in [6.45, 7) is 0. The molecule has 86 valence electrons. The van der Waals surface area contributed by atoms with Crippen molar-refractivity contribution in [1.82, 2.24) is 5.43 Å². The first-order valence-corrected chi connectivity index (χ1v) is 4.91. The van der Waals surface area contributed by atoms with E-state index in [4.69, 9.17) is 10.9 Å². The second kappa shape index (κ2) is 4.23. The summed E-state index contributed by atoms with van der Waals surface area (Å²) in [5.41, 5.74) is 1.98. The lowest BCUT2D eigenvalue weighted by atomic mass is 9.98. The van der Waals surface area contributed by atoms with E-state index in [-0.39, 0.29) is 11.1 Å². The van der Waals surface area contributed by atoms with E-state index in [9.17, 15) is 9.59 Å². The predicted octanol–water partition coefficient (Wildman–Crippen LogP) is 1.14. The maximum absolute atomic E-state index is 11.7. The van der Waals surface area contributed by atoms with Crippen molar-refractivity contribution in [2.45, 2.75) is 0 Å². The third kappa shape index (κ3) is 1.83. The summed E-state index contributed by atoms with van der Waals surface area (Å²) in [5, 5.41) is 10.4. The molecule has 0 saturated heterocycles. The van der Waals surface area contributed by atoms with Crippen molar-refractivity contribution >= 4 is 22.6 Å². The summed E-state index contributed by atoms with van der Waals surface area (Å²) in [7, 11) is 0. The van der Waals surface area contributed by atoms with E-state index < -0.39 is 11.9 Å². The summed E-state index contributed by atoms with van der Waals surface area (Å²) in [4.78, 5) is 22.7. The molecule has 4 N–H and O–H groups in total. The van der Waals surface area contributed by atoms with Gasteiger partial charge in [0.2, 0.25) is 0 Å². The summed E-state index contributed by atoms with van der Waals surface area (Å²) >= 11 is 0. The van der Waals surface area contributed by atoms with E-state index >= 15 is 0 Å². The van der Waals surface area contributed by atoms with E-state index in [2.05, 4.69) is 0 Å². The van der Waals surface area contributed by atoms with Gasteiger partial charge in [-0.05, 0) is 16.8 Å². The molecular formula is C12H10N2O3. The number of amides is 1. The fourth-order valence-electron chi connectivity index (χ4n) is 1.77. The highest BCUT2D eigenvalue weighted by Gasteiger charge is 2.18. The number of nitrogen functional groups attached to an aromatic ring is 1. The van der Waals surface area contributed by atoms with E-state index in [1.54, 1.807) is 24.3 Å². The number of hydrogen-bond donors (Lipinski definition) is 3. The van der Waals surface area contributed by atoms with Gasteiger partial charge in [-0.3, -0.25) is 10.2 Å². The van der Waals surface area contributed by atoms with Gasteiger partial charge in [-0.2, -0.15) is 0 Å². The van der Waals surface area contributed by atoms with Crippen LogP contribution in [0.4, 0.5) is 0 Å². The minimum atomic E-state index is -1.16. The highest BCUT2D eigenvalue weighted by Crippen LogP contribution is 2.22. The first-order valence-electron chi connectivity index (χ1n) is 4.91. The zero-order chi connectivity index (χ0) is 12.4. The topological polar surface area (TPSA) is 92.4 Å². The van der Waals surface area contributed by atoms with Crippen LogP contribution in [0.1, 0.15) is 20.7 Å². The maximum Gasteiger partial charge on any atom is 0.336 e. The highest BCUT2D eigenvalue weighted by molar-refractivity contribution is 6.14. The Labute approximate surface area is 96.8 Å². The molecule has 0 unspecified atom stereocenters. The molecule has 0 saturated carbocycles. The summed E-state index contributed by atoms with van der Waals surface area (Å²) < 4.78 is 0. The van der Waals surface area contributed by atoms with E-state index in [1.165, 1.54) is 6.07 Å². The Morgan fingerprint density at radius 3 is 2.47 bits per heavy atom. The molecule has 0 bridgehead atoms. The van der Waals surface area contributed by atoms with Gasteiger partial charge in [0.15, 0.2) is 0 Å². The molecule has 2 aromatic carbocycles. The van der Waals surface area contributed by atoms with Crippen LogP contribution in [0.25, 0.3) is 10.8 Å². The summed E-state index contributed by atoms with van der Waals surface area (Å²) in [6.07, 6.45) is 0. The van der Waals surface area contributed by atoms with Crippen LogP contribution in [-0.4, -0.2) is 17.0 Å². The van der Waals surface area contributed by atoms with Gasteiger partial charge >= 0.3 is 5.97 Å². The Kier molecular flexibility index (Phi) is 2.76. The van der Waals surface area contributed by atoms with Crippen molar-refractivity contribution in [2.24, 2.45) is 5.84 Å². The van der Waals surface area contributed by atoms with Crippen LogP contribution in [0.3, 0.4) is 0 Å². The zero-order valence-electron chi connectivity index (χ0n) is 8.81. The van der Waals surface area contributed by atoms with Gasteiger partial charge in [-0.1, -0.05) is 30.3 Å². The highest BCUT2D eigenvalue weighted by atomic mass is 16.4. The fourth-order valence-corrected chi connectivity index (χ4v) is 1.77. The molecule has 0 aliphatic heterocycles. The summed E-state index contributed by atoms with van der Waals surface area (Å²) in [5.74, 6) is 3.30. The van der Waals surface area contributed by atoms with Gasteiger partial charge in [-0.25, -0.2) is 10.6 Å². The van der Waals surface area contributed by atoms with Crippen LogP contribution in [0.5, 0.6) is 0 Å². The number of carboxylic acids is 1. The average Bonchev–Trinajstić information content (AvgIpc) is 2.36. The summed E-state index contributed by atoms with van der Waals surface area (Å²) in [6, 6.07) is 10.1. The van der Waals surface area contributed by atoms with E-state index in [0.717, 1.165) is 5.39 Å². The molecule has 1 amide bonds. The van der Waals surface area contributed by atoms with Gasteiger partial charge in [0.1, 0.15) is 0 Å². The number of nitrogens with one attached hydrogen (secondary N) is 1. The van der Waals surface area contributed by atoms with Crippen LogP contribution in [0, 0.1) is 0 Å². The Morgan fingerprint density at radius 2 is 1.82 bits per heavy atom. The Balaban J connectivity index is 2.84. The van der Waals surface area contributed by atoms with Crippen LogP contribution in [0.2, 0.25) is 0 Å². The molecular weight excluding hydrogens is 220 g/mol. The van der Waals surface area contributed by atoms with E-state index in [1.807, 2.05) is 11.5 Å². The zero-order valence-corrected chi connectivity index (χ0v) is 8.81. The molecule has 0 aromatic heterocycles. The van der Waals surface area contributed by atoms with Crippen LogP contribution in [0.15, 0.2) is 36.4 Å². The van der Waals surface area contributed by atoms with E-state index in [0.29, 0.717) is 5.39 Å². The van der Waals surface area contributed by atoms with Crippen LogP contribution in [-0.2, 0) is 0 Å². The molecule has 0 radical (unpaired) electrons. The third-order valence-electron chi connectivity index (χ3n) is 2.52. The molecule has 2 rings (SSSR count). The molecule has 0 fully saturated rings. The van der Waals surface area contributed by atoms with Gasteiger partial charge in [0.25, 0.3) is 5.91 Å². The molecule has 5 nitrogen and oxygen atoms in total. The number of nitrogens with two attached hydrogens (primary N) is 1. The second-order valence-electron chi connectivity index (χ2n) is 3.49. The lowest BCUT2D eigenvalue weighted by Crippen LogP contribution is -2.31. The molecule has 5 heteroatoms. The molecule has 17 heavy (non-hydrogen) atoms. The molecule has 0 aliphatic carbocycles. The number of aromatic carboxylic acids is 1. The van der Waals surface area contributed by atoms with Crippen molar-refractivity contribution in [2.75, 3.05) is 0 Å². The van der Waals surface area contributed by atoms with Crippen molar-refractivity contribution in [3.05, 3.63) is 47.5 Å². The maximum atomic E-state index is 11.7. The Hall–Kier alpha value is -2.40. The minimum Gasteiger partial charge on any atom is -0.478 e. The predicted molar refractivity (Wildman–Crippen MR) is 62.6 cm³/mol. The fraction of sp³-hybridized carbons (Fsp3) is 0. The monoisotopic (exact) mass is 230 g/mol. The molecule has 0 aliphatic rings. The number of carbonyl (C=O) groups excluding carboxylic acids is 1. The third-order valence-corrected chi connectivity index (χ3v) is 2.52. The first-order chi connectivity index (χ1) is 8.15.